The number of hydrogen-bond acceptors (Lipinski definition) is 5. The molecule has 2 fully saturated rings. The zero-order chi connectivity index (χ0) is 23.6. The molecule has 0 aromatic carbocycles. The van der Waals surface area contributed by atoms with Crippen LogP contribution in [0.15, 0.2) is 18.6 Å². The lowest BCUT2D eigenvalue weighted by molar-refractivity contribution is -0.0780. The van der Waals surface area contributed by atoms with E-state index < -0.39 is 0 Å². The standard InChI is InChI=1S/C27H35N5OS/c1-6-7-31-20-9-18(10-21(31)13-33-12-20)25-17(5)23-22(15(2)3)24(30-27(23)34-25)19-8-16(4)26-28-14-29-32(26)11-19/h8,11,14-15,18,20-21,30H,6-7,9-10,12-13H2,1-5H3. The summed E-state index contributed by atoms with van der Waals surface area (Å²) in [4.78, 5) is 13.9. The number of aromatic amines is 1. The summed E-state index contributed by atoms with van der Waals surface area (Å²) in [6, 6.07) is 3.37. The van der Waals surface area contributed by atoms with Crippen LogP contribution in [0, 0.1) is 13.8 Å². The van der Waals surface area contributed by atoms with Gasteiger partial charge in [-0.05, 0) is 74.2 Å². The molecule has 2 saturated heterocycles. The van der Waals surface area contributed by atoms with Gasteiger partial charge in [0.05, 0.1) is 18.9 Å². The largest absolute Gasteiger partial charge is 0.378 e. The number of aryl methyl sites for hydroxylation is 2. The number of pyridine rings is 1. The minimum atomic E-state index is 0.427. The summed E-state index contributed by atoms with van der Waals surface area (Å²) in [5.74, 6) is 1.06. The Morgan fingerprint density at radius 1 is 1.21 bits per heavy atom. The minimum Gasteiger partial charge on any atom is -0.378 e. The van der Waals surface area contributed by atoms with Crippen LogP contribution in [0.25, 0.3) is 27.1 Å². The number of aromatic nitrogens is 4. The average molecular weight is 478 g/mol. The molecular formula is C27H35N5OS. The van der Waals surface area contributed by atoms with Gasteiger partial charge < -0.3 is 9.72 Å². The van der Waals surface area contributed by atoms with E-state index in [0.717, 1.165) is 24.4 Å². The lowest BCUT2D eigenvalue weighted by atomic mass is 9.82. The van der Waals surface area contributed by atoms with Gasteiger partial charge in [0.25, 0.3) is 0 Å². The SMILES string of the molecule is CCCN1C2COCC1CC(c1sc3[nH]c(-c4cc(C)c5ncnn5c4)c(C(C)C)c3c1C)C2. The molecule has 34 heavy (non-hydrogen) atoms. The molecule has 7 heteroatoms. The maximum absolute atomic E-state index is 5.97. The number of ether oxygens (including phenoxy) is 1. The highest BCUT2D eigenvalue weighted by atomic mass is 32.1. The van der Waals surface area contributed by atoms with Crippen LogP contribution in [-0.4, -0.2) is 56.3 Å². The number of fused-ring (bicyclic) bond motifs is 4. The monoisotopic (exact) mass is 477 g/mol. The molecule has 2 aliphatic rings. The Hall–Kier alpha value is -2.22. The normalized spacial score (nSPS) is 23.5. The number of rotatable bonds is 5. The fourth-order valence-electron chi connectivity index (χ4n) is 6.50. The Kier molecular flexibility index (Phi) is 5.54. The topological polar surface area (TPSA) is 58.5 Å². The number of hydrogen-bond donors (Lipinski definition) is 1. The van der Waals surface area contributed by atoms with Crippen molar-refractivity contribution in [3.05, 3.63) is 40.2 Å². The van der Waals surface area contributed by atoms with Gasteiger partial charge in [-0.1, -0.05) is 20.8 Å². The van der Waals surface area contributed by atoms with Crippen LogP contribution < -0.4 is 0 Å². The van der Waals surface area contributed by atoms with Gasteiger partial charge >= 0.3 is 0 Å². The predicted octanol–water partition coefficient (Wildman–Crippen LogP) is 6.04. The van der Waals surface area contributed by atoms with E-state index in [1.54, 1.807) is 11.2 Å². The van der Waals surface area contributed by atoms with Gasteiger partial charge in [-0.15, -0.1) is 11.3 Å². The van der Waals surface area contributed by atoms with Gasteiger partial charge in [0.15, 0.2) is 5.65 Å². The Labute approximate surface area is 205 Å². The maximum Gasteiger partial charge on any atom is 0.158 e. The fraction of sp³-hybridized carbons (Fsp3) is 0.556. The molecule has 2 unspecified atom stereocenters. The third kappa shape index (κ3) is 3.43. The molecule has 0 spiro atoms. The van der Waals surface area contributed by atoms with Crippen LogP contribution >= 0.6 is 11.3 Å². The first kappa shape index (κ1) is 22.3. The molecule has 0 aliphatic carbocycles. The van der Waals surface area contributed by atoms with Crippen LogP contribution in [0.3, 0.4) is 0 Å². The quantitative estimate of drug-likeness (QED) is 0.381. The van der Waals surface area contributed by atoms with Gasteiger partial charge in [0, 0.05) is 34.1 Å². The first-order chi connectivity index (χ1) is 16.5. The lowest BCUT2D eigenvalue weighted by Gasteiger charge is -2.48. The van der Waals surface area contributed by atoms with Crippen molar-refractivity contribution in [2.45, 2.75) is 77.8 Å². The second-order valence-corrected chi connectivity index (χ2v) is 11.6. The first-order valence-electron chi connectivity index (χ1n) is 12.7. The van der Waals surface area contributed by atoms with Gasteiger partial charge in [0.1, 0.15) is 11.2 Å². The molecule has 4 aromatic heterocycles. The van der Waals surface area contributed by atoms with Crippen LogP contribution in [0.2, 0.25) is 0 Å². The van der Waals surface area contributed by atoms with Crippen molar-refractivity contribution in [3.63, 3.8) is 0 Å². The lowest BCUT2D eigenvalue weighted by Crippen LogP contribution is -2.56. The first-order valence-corrected chi connectivity index (χ1v) is 13.6. The molecule has 2 atom stereocenters. The molecule has 0 radical (unpaired) electrons. The third-order valence-electron chi connectivity index (χ3n) is 7.91. The van der Waals surface area contributed by atoms with Gasteiger partial charge in [-0.2, -0.15) is 5.10 Å². The van der Waals surface area contributed by atoms with Crippen molar-refractivity contribution in [2.24, 2.45) is 0 Å². The molecule has 1 N–H and O–H groups in total. The molecule has 6 heterocycles. The third-order valence-corrected chi connectivity index (χ3v) is 9.28. The Morgan fingerprint density at radius 3 is 2.68 bits per heavy atom. The molecule has 0 amide bonds. The van der Waals surface area contributed by atoms with Crippen molar-refractivity contribution >= 4 is 27.2 Å². The minimum absolute atomic E-state index is 0.427. The second-order valence-electron chi connectivity index (χ2n) is 10.6. The summed E-state index contributed by atoms with van der Waals surface area (Å²) in [6.07, 6.45) is 7.39. The molecule has 2 bridgehead atoms. The number of nitrogens with one attached hydrogen (secondary N) is 1. The molecule has 0 saturated carbocycles. The number of morpholine rings is 1. The summed E-state index contributed by atoms with van der Waals surface area (Å²) >= 11 is 1.99. The van der Waals surface area contributed by atoms with Crippen LogP contribution in [-0.2, 0) is 4.74 Å². The number of nitrogens with zero attached hydrogens (tertiary/aromatic N) is 4. The summed E-state index contributed by atoms with van der Waals surface area (Å²) in [6.45, 7) is 14.4. The average Bonchev–Trinajstić information content (AvgIpc) is 3.49. The van der Waals surface area contributed by atoms with Crippen molar-refractivity contribution in [2.75, 3.05) is 19.8 Å². The van der Waals surface area contributed by atoms with E-state index >= 15 is 0 Å². The second kappa shape index (κ2) is 8.47. The molecule has 4 aromatic rings. The Morgan fingerprint density at radius 2 is 1.97 bits per heavy atom. The smallest absolute Gasteiger partial charge is 0.158 e. The maximum atomic E-state index is 5.97. The molecule has 180 valence electrons. The van der Waals surface area contributed by atoms with E-state index in [1.165, 1.54) is 58.4 Å². The number of thiophene rings is 1. The van der Waals surface area contributed by atoms with E-state index in [-0.39, 0.29) is 0 Å². The highest BCUT2D eigenvalue weighted by Gasteiger charge is 2.40. The molecule has 6 rings (SSSR count). The van der Waals surface area contributed by atoms with Gasteiger partial charge in [-0.25, -0.2) is 9.50 Å². The zero-order valence-corrected chi connectivity index (χ0v) is 21.7. The number of H-pyrrole nitrogens is 1. The number of piperidine rings is 1. The highest BCUT2D eigenvalue weighted by molar-refractivity contribution is 7.19. The van der Waals surface area contributed by atoms with Crippen molar-refractivity contribution in [1.82, 2.24) is 24.5 Å². The molecule has 2 aliphatic heterocycles. The van der Waals surface area contributed by atoms with Crippen LogP contribution in [0.4, 0.5) is 0 Å². The van der Waals surface area contributed by atoms with E-state index in [0.29, 0.717) is 23.9 Å². The van der Waals surface area contributed by atoms with Crippen molar-refractivity contribution in [1.29, 1.82) is 0 Å². The van der Waals surface area contributed by atoms with Gasteiger partial charge in [-0.3, -0.25) is 4.90 Å². The Bertz CT molecular complexity index is 1330. The van der Waals surface area contributed by atoms with E-state index in [2.05, 4.69) is 66.8 Å². The summed E-state index contributed by atoms with van der Waals surface area (Å²) in [5.41, 5.74) is 7.40. The van der Waals surface area contributed by atoms with Crippen LogP contribution in [0.1, 0.15) is 73.4 Å². The summed E-state index contributed by atoms with van der Waals surface area (Å²) in [5, 5.41) is 5.84. The molecular weight excluding hydrogens is 442 g/mol. The van der Waals surface area contributed by atoms with Crippen LogP contribution in [0.5, 0.6) is 0 Å². The highest BCUT2D eigenvalue weighted by Crippen LogP contribution is 2.47. The Balaban J connectivity index is 1.42. The van der Waals surface area contributed by atoms with E-state index in [9.17, 15) is 0 Å². The van der Waals surface area contributed by atoms with E-state index in [4.69, 9.17) is 4.74 Å². The summed E-state index contributed by atoms with van der Waals surface area (Å²) < 4.78 is 7.86. The predicted molar refractivity (Wildman–Crippen MR) is 139 cm³/mol. The molecule has 6 nitrogen and oxygen atoms in total. The summed E-state index contributed by atoms with van der Waals surface area (Å²) in [7, 11) is 0. The fourth-order valence-corrected chi connectivity index (χ4v) is 7.85. The zero-order valence-electron chi connectivity index (χ0n) is 20.9. The van der Waals surface area contributed by atoms with E-state index in [1.807, 2.05) is 15.9 Å². The van der Waals surface area contributed by atoms with Crippen molar-refractivity contribution < 1.29 is 4.74 Å². The van der Waals surface area contributed by atoms with Crippen molar-refractivity contribution in [3.8, 4) is 11.3 Å². The van der Waals surface area contributed by atoms with Gasteiger partial charge in [0.2, 0.25) is 0 Å².